The number of carbonyl (C=O) groups is 1. The van der Waals surface area contributed by atoms with E-state index in [1.165, 1.54) is 0 Å². The Labute approximate surface area is 73.6 Å². The number of primary amides is 1. The van der Waals surface area contributed by atoms with Crippen molar-refractivity contribution in [2.45, 2.75) is 5.22 Å². The van der Waals surface area contributed by atoms with Crippen molar-refractivity contribution in [3.8, 4) is 0 Å². The van der Waals surface area contributed by atoms with E-state index in [9.17, 15) is 13.2 Å². The van der Waals surface area contributed by atoms with Crippen molar-refractivity contribution >= 4 is 21.6 Å². The highest BCUT2D eigenvalue weighted by atomic mass is 32.2. The lowest BCUT2D eigenvalue weighted by molar-refractivity contribution is 0.0996. The second-order valence-electron chi connectivity index (χ2n) is 2.33. The molecular formula is C5H7N3O4S. The van der Waals surface area contributed by atoms with Crippen LogP contribution in [0.5, 0.6) is 0 Å². The van der Waals surface area contributed by atoms with Crippen LogP contribution in [0.25, 0.3) is 0 Å². The summed E-state index contributed by atoms with van der Waals surface area (Å²) in [6.07, 6.45) is 0.878. The topological polar surface area (TPSA) is 129 Å². The first-order valence-electron chi connectivity index (χ1n) is 3.08. The van der Waals surface area contributed by atoms with Gasteiger partial charge < -0.3 is 15.9 Å². The van der Waals surface area contributed by atoms with Crippen LogP contribution in [0.1, 0.15) is 10.5 Å². The molecule has 72 valence electrons. The van der Waals surface area contributed by atoms with E-state index < -0.39 is 26.9 Å². The van der Waals surface area contributed by atoms with E-state index in [0.29, 0.717) is 0 Å². The van der Waals surface area contributed by atoms with Crippen molar-refractivity contribution in [3.63, 3.8) is 0 Å². The van der Waals surface area contributed by atoms with Gasteiger partial charge in [-0.3, -0.25) is 4.79 Å². The molecule has 0 unspecified atom stereocenters. The fourth-order valence-electron chi connectivity index (χ4n) is 0.647. The molecule has 1 amide bonds. The van der Waals surface area contributed by atoms with Crippen LogP contribution < -0.4 is 11.5 Å². The molecule has 0 fully saturated rings. The number of hydrogen-bond donors (Lipinski definition) is 2. The van der Waals surface area contributed by atoms with Crippen molar-refractivity contribution in [1.29, 1.82) is 0 Å². The highest BCUT2D eigenvalue weighted by molar-refractivity contribution is 7.90. The smallest absolute Gasteiger partial charge is 0.317 e. The maximum Gasteiger partial charge on any atom is 0.317 e. The first-order chi connectivity index (χ1) is 5.82. The van der Waals surface area contributed by atoms with Crippen LogP contribution >= 0.6 is 0 Å². The summed E-state index contributed by atoms with van der Waals surface area (Å²) in [4.78, 5) is 13.9. The third-order valence-electron chi connectivity index (χ3n) is 1.18. The number of rotatable bonds is 2. The molecule has 8 heteroatoms. The zero-order valence-corrected chi connectivity index (χ0v) is 7.46. The zero-order valence-electron chi connectivity index (χ0n) is 6.64. The van der Waals surface area contributed by atoms with Gasteiger partial charge in [0.25, 0.3) is 5.91 Å². The lowest BCUT2D eigenvalue weighted by atomic mass is 10.4. The van der Waals surface area contributed by atoms with Gasteiger partial charge in [0.2, 0.25) is 15.7 Å². The Kier molecular flexibility index (Phi) is 2.00. The first-order valence-corrected chi connectivity index (χ1v) is 4.97. The Morgan fingerprint density at radius 3 is 2.31 bits per heavy atom. The van der Waals surface area contributed by atoms with Crippen LogP contribution in [-0.4, -0.2) is 25.6 Å². The molecule has 1 rings (SSSR count). The summed E-state index contributed by atoms with van der Waals surface area (Å²) in [5.74, 6) is -1.33. The minimum atomic E-state index is -3.60. The number of aromatic nitrogens is 1. The van der Waals surface area contributed by atoms with Crippen LogP contribution in [0.15, 0.2) is 9.64 Å². The number of amides is 1. The van der Waals surface area contributed by atoms with Crippen molar-refractivity contribution in [2.24, 2.45) is 5.73 Å². The molecule has 13 heavy (non-hydrogen) atoms. The van der Waals surface area contributed by atoms with Gasteiger partial charge in [0.15, 0.2) is 5.69 Å². The summed E-state index contributed by atoms with van der Waals surface area (Å²) in [5.41, 5.74) is 9.60. The number of nitrogen functional groups attached to an aromatic ring is 1. The number of sulfone groups is 1. The van der Waals surface area contributed by atoms with Gasteiger partial charge in [-0.1, -0.05) is 0 Å². The average molecular weight is 205 g/mol. The monoisotopic (exact) mass is 205 g/mol. The number of anilines is 1. The predicted molar refractivity (Wildman–Crippen MR) is 42.5 cm³/mol. The lowest BCUT2D eigenvalue weighted by Gasteiger charge is -1.85. The van der Waals surface area contributed by atoms with E-state index in [1.807, 2.05) is 0 Å². The molecule has 0 saturated heterocycles. The Bertz CT molecular complexity index is 446. The van der Waals surface area contributed by atoms with Crippen molar-refractivity contribution in [3.05, 3.63) is 5.69 Å². The van der Waals surface area contributed by atoms with Gasteiger partial charge >= 0.3 is 5.22 Å². The highest BCUT2D eigenvalue weighted by Gasteiger charge is 2.21. The van der Waals surface area contributed by atoms with E-state index >= 15 is 0 Å². The Hall–Kier alpha value is -1.57. The van der Waals surface area contributed by atoms with Gasteiger partial charge in [0.1, 0.15) is 0 Å². The van der Waals surface area contributed by atoms with Crippen molar-refractivity contribution < 1.29 is 17.6 Å². The maximum absolute atomic E-state index is 10.9. The fraction of sp³-hybridized carbons (Fsp3) is 0.200. The molecule has 0 atom stereocenters. The van der Waals surface area contributed by atoms with Gasteiger partial charge in [-0.2, -0.15) is 4.98 Å². The molecule has 0 bridgehead atoms. The molecule has 0 aliphatic heterocycles. The number of hydrogen-bond acceptors (Lipinski definition) is 6. The molecule has 1 aromatic rings. The van der Waals surface area contributed by atoms with E-state index in [-0.39, 0.29) is 5.69 Å². The third kappa shape index (κ3) is 1.78. The van der Waals surface area contributed by atoms with E-state index in [4.69, 9.17) is 11.5 Å². The number of oxazole rings is 1. The molecule has 0 spiro atoms. The van der Waals surface area contributed by atoms with Crippen LogP contribution in [0.4, 0.5) is 5.88 Å². The predicted octanol–water partition coefficient (Wildman–Crippen LogP) is -1.24. The lowest BCUT2D eigenvalue weighted by Crippen LogP contribution is -2.13. The standard InChI is InChI=1S/C5H7N3O4S/c1-13(10,11)5-8-2(3(6)9)4(7)12-5/h7H2,1H3,(H2,6,9). The molecule has 0 aliphatic carbocycles. The zero-order chi connectivity index (χ0) is 10.2. The summed E-state index contributed by atoms with van der Waals surface area (Å²) in [5, 5.41) is -0.612. The molecule has 1 heterocycles. The van der Waals surface area contributed by atoms with Gasteiger partial charge in [-0.25, -0.2) is 8.42 Å². The molecule has 7 nitrogen and oxygen atoms in total. The van der Waals surface area contributed by atoms with Gasteiger partial charge in [0.05, 0.1) is 0 Å². The first kappa shape index (κ1) is 9.52. The molecule has 0 saturated carbocycles. The van der Waals surface area contributed by atoms with Crippen LogP contribution in [0.2, 0.25) is 0 Å². The minimum Gasteiger partial charge on any atom is -0.411 e. The summed E-state index contributed by atoms with van der Waals surface area (Å²) in [6, 6.07) is 0. The Morgan fingerprint density at radius 2 is 2.08 bits per heavy atom. The molecule has 1 aromatic heterocycles. The fourth-order valence-corrected chi connectivity index (χ4v) is 1.14. The van der Waals surface area contributed by atoms with Crippen LogP contribution in [0.3, 0.4) is 0 Å². The summed E-state index contributed by atoms with van der Waals surface area (Å²) in [6.45, 7) is 0. The SMILES string of the molecule is CS(=O)(=O)c1nc(C(N)=O)c(N)o1. The van der Waals surface area contributed by atoms with Gasteiger partial charge in [0, 0.05) is 6.26 Å². The molecule has 0 radical (unpaired) electrons. The van der Waals surface area contributed by atoms with Gasteiger partial charge in [-0.05, 0) is 0 Å². The molecule has 0 aliphatic rings. The third-order valence-corrected chi connectivity index (χ3v) is 1.99. The second kappa shape index (κ2) is 2.73. The van der Waals surface area contributed by atoms with E-state index in [0.717, 1.165) is 6.26 Å². The van der Waals surface area contributed by atoms with E-state index in [2.05, 4.69) is 9.40 Å². The van der Waals surface area contributed by atoms with E-state index in [1.54, 1.807) is 0 Å². The number of nitrogens with two attached hydrogens (primary N) is 2. The van der Waals surface area contributed by atoms with Crippen LogP contribution in [-0.2, 0) is 9.84 Å². The number of carbonyl (C=O) groups excluding carboxylic acids is 1. The summed E-state index contributed by atoms with van der Waals surface area (Å²) < 4.78 is 26.2. The quantitative estimate of drug-likeness (QED) is 0.621. The molecule has 0 aromatic carbocycles. The molecular weight excluding hydrogens is 198 g/mol. The second-order valence-corrected chi connectivity index (χ2v) is 4.22. The Balaban J connectivity index is 3.33. The highest BCUT2D eigenvalue weighted by Crippen LogP contribution is 2.16. The van der Waals surface area contributed by atoms with Crippen molar-refractivity contribution in [2.75, 3.05) is 12.0 Å². The summed E-state index contributed by atoms with van der Waals surface area (Å²) in [7, 11) is -3.60. The Morgan fingerprint density at radius 1 is 1.54 bits per heavy atom. The maximum atomic E-state index is 10.9. The summed E-state index contributed by atoms with van der Waals surface area (Å²) >= 11 is 0. The number of nitrogens with zero attached hydrogens (tertiary/aromatic N) is 1. The minimum absolute atomic E-state index is 0.375. The normalized spacial score (nSPS) is 11.5. The van der Waals surface area contributed by atoms with Gasteiger partial charge in [-0.15, -0.1) is 0 Å². The molecule has 4 N–H and O–H groups in total. The average Bonchev–Trinajstić information content (AvgIpc) is 2.29. The van der Waals surface area contributed by atoms with Crippen molar-refractivity contribution in [1.82, 2.24) is 4.98 Å². The largest absolute Gasteiger partial charge is 0.411 e. The van der Waals surface area contributed by atoms with Crippen LogP contribution in [0, 0.1) is 0 Å².